The van der Waals surface area contributed by atoms with E-state index in [1.54, 1.807) is 18.2 Å². The summed E-state index contributed by atoms with van der Waals surface area (Å²) in [7, 11) is -3.64. The van der Waals surface area contributed by atoms with E-state index in [9.17, 15) is 18.0 Å². The Morgan fingerprint density at radius 1 is 0.941 bits per heavy atom. The van der Waals surface area contributed by atoms with Gasteiger partial charge >= 0.3 is 0 Å². The number of piperidine rings is 1. The van der Waals surface area contributed by atoms with Gasteiger partial charge < -0.3 is 15.1 Å². The van der Waals surface area contributed by atoms with Crippen LogP contribution in [0.3, 0.4) is 0 Å². The molecular weight excluding hydrogens is 454 g/mol. The number of carbonyl (C=O) groups excluding carboxylic acids is 2. The molecule has 0 aliphatic carbocycles. The Morgan fingerprint density at radius 2 is 1.71 bits per heavy atom. The second-order valence-electron chi connectivity index (χ2n) is 8.17. The number of nitrogens with zero attached hydrogens (tertiary/aromatic N) is 1. The third-order valence-corrected chi connectivity index (χ3v) is 7.60. The molecule has 2 aromatic carbocycles. The lowest BCUT2D eigenvalue weighted by atomic mass is 10.0. The number of hydrogen-bond acceptors (Lipinski definition) is 5. The quantitative estimate of drug-likeness (QED) is 0.512. The van der Waals surface area contributed by atoms with Gasteiger partial charge in [-0.1, -0.05) is 42.8 Å². The largest absolute Gasteiger partial charge is 0.459 e. The summed E-state index contributed by atoms with van der Waals surface area (Å²) in [6.45, 7) is 0.994. The fourth-order valence-electron chi connectivity index (χ4n) is 3.91. The lowest BCUT2D eigenvalue weighted by molar-refractivity contribution is -0.118. The predicted molar refractivity (Wildman–Crippen MR) is 128 cm³/mol. The molecule has 0 spiro atoms. The molecule has 2 amide bonds. The Morgan fingerprint density at radius 3 is 2.41 bits per heavy atom. The molecule has 2 heterocycles. The van der Waals surface area contributed by atoms with Crippen LogP contribution >= 0.6 is 0 Å². The molecular formula is C25H27N3O5S. The van der Waals surface area contributed by atoms with E-state index in [4.69, 9.17) is 4.42 Å². The molecule has 0 unspecified atom stereocenters. The maximum absolute atomic E-state index is 13.2. The minimum Gasteiger partial charge on any atom is -0.459 e. The Bertz CT molecular complexity index is 1220. The van der Waals surface area contributed by atoms with Gasteiger partial charge in [-0.25, -0.2) is 8.42 Å². The molecule has 0 bridgehead atoms. The van der Waals surface area contributed by atoms with E-state index in [-0.39, 0.29) is 17.1 Å². The van der Waals surface area contributed by atoms with E-state index in [1.165, 1.54) is 28.8 Å². The fourth-order valence-corrected chi connectivity index (χ4v) is 5.48. The molecule has 9 heteroatoms. The molecule has 178 valence electrons. The molecule has 3 aromatic rings. The number of sulfonamides is 1. The molecule has 1 aliphatic rings. The minimum atomic E-state index is -3.64. The number of amides is 2. The molecule has 1 saturated heterocycles. The summed E-state index contributed by atoms with van der Waals surface area (Å²) in [5, 5.41) is 5.47. The third kappa shape index (κ3) is 5.73. The third-order valence-electron chi connectivity index (χ3n) is 5.70. The molecule has 1 fully saturated rings. The molecule has 0 saturated carbocycles. The molecule has 1 aliphatic heterocycles. The van der Waals surface area contributed by atoms with Crippen molar-refractivity contribution in [1.82, 2.24) is 9.62 Å². The summed E-state index contributed by atoms with van der Waals surface area (Å²) >= 11 is 0. The van der Waals surface area contributed by atoms with E-state index in [2.05, 4.69) is 10.6 Å². The van der Waals surface area contributed by atoms with Crippen LogP contribution in [0.4, 0.5) is 5.69 Å². The van der Waals surface area contributed by atoms with E-state index in [1.807, 2.05) is 30.3 Å². The van der Waals surface area contributed by atoms with Gasteiger partial charge in [0.1, 0.15) is 6.04 Å². The van der Waals surface area contributed by atoms with Crippen molar-refractivity contribution in [2.24, 2.45) is 0 Å². The van der Waals surface area contributed by atoms with Crippen LogP contribution in [0.25, 0.3) is 0 Å². The van der Waals surface area contributed by atoms with Crippen molar-refractivity contribution in [3.63, 3.8) is 0 Å². The SMILES string of the molecule is O=C(N[C@@H](Cc1ccccc1)C(=O)Nc1cccc(S(=O)(=O)N2CCCCC2)c1)c1ccco1. The maximum Gasteiger partial charge on any atom is 0.287 e. The van der Waals surface area contributed by atoms with Gasteiger partial charge in [0.15, 0.2) is 5.76 Å². The van der Waals surface area contributed by atoms with Crippen LogP contribution in [0.15, 0.2) is 82.3 Å². The standard InChI is InChI=1S/C25H27N3O5S/c29-24(22(17-19-9-3-1-4-10-19)27-25(30)23-13-8-16-33-23)26-20-11-7-12-21(18-20)34(31,32)28-14-5-2-6-15-28/h1,3-4,7-13,16,18,22H,2,5-6,14-15,17H2,(H,26,29)(H,27,30)/t22-/m0/s1. The van der Waals surface area contributed by atoms with Gasteiger partial charge in [0.25, 0.3) is 5.91 Å². The molecule has 0 radical (unpaired) electrons. The second-order valence-corrected chi connectivity index (χ2v) is 10.1. The summed E-state index contributed by atoms with van der Waals surface area (Å²) in [5.74, 6) is -0.876. The summed E-state index contributed by atoms with van der Waals surface area (Å²) in [6.07, 6.45) is 4.34. The van der Waals surface area contributed by atoms with E-state index < -0.39 is 27.9 Å². The number of hydrogen-bond donors (Lipinski definition) is 2. The normalized spacial score (nSPS) is 15.4. The number of anilines is 1. The van der Waals surface area contributed by atoms with Crippen LogP contribution in [0, 0.1) is 0 Å². The number of carbonyl (C=O) groups is 2. The smallest absolute Gasteiger partial charge is 0.287 e. The lowest BCUT2D eigenvalue weighted by Gasteiger charge is -2.26. The van der Waals surface area contributed by atoms with Crippen LogP contribution in [-0.4, -0.2) is 43.7 Å². The summed E-state index contributed by atoms with van der Waals surface area (Å²) in [4.78, 5) is 25.9. The molecule has 4 rings (SSSR count). The number of benzene rings is 2. The fraction of sp³-hybridized carbons (Fsp3) is 0.280. The van der Waals surface area contributed by atoms with Gasteiger partial charge in [-0.2, -0.15) is 4.31 Å². The minimum absolute atomic E-state index is 0.0977. The average Bonchev–Trinajstić information content (AvgIpc) is 3.40. The van der Waals surface area contributed by atoms with Crippen molar-refractivity contribution >= 4 is 27.5 Å². The highest BCUT2D eigenvalue weighted by molar-refractivity contribution is 7.89. The zero-order valence-corrected chi connectivity index (χ0v) is 19.5. The first-order valence-corrected chi connectivity index (χ1v) is 12.7. The maximum atomic E-state index is 13.2. The van der Waals surface area contributed by atoms with Crippen molar-refractivity contribution in [3.8, 4) is 0 Å². The molecule has 34 heavy (non-hydrogen) atoms. The Labute approximate surface area is 199 Å². The van der Waals surface area contributed by atoms with Gasteiger partial charge in [-0.15, -0.1) is 0 Å². The second kappa shape index (κ2) is 10.7. The Balaban J connectivity index is 1.52. The average molecular weight is 482 g/mol. The number of rotatable bonds is 8. The van der Waals surface area contributed by atoms with Crippen LogP contribution in [-0.2, 0) is 21.2 Å². The van der Waals surface area contributed by atoms with Crippen LogP contribution in [0.1, 0.15) is 35.4 Å². The van der Waals surface area contributed by atoms with Gasteiger partial charge in [-0.3, -0.25) is 9.59 Å². The first kappa shape index (κ1) is 23.7. The van der Waals surface area contributed by atoms with Crippen molar-refractivity contribution in [2.45, 2.75) is 36.6 Å². The highest BCUT2D eigenvalue weighted by atomic mass is 32.2. The number of furan rings is 1. The Hall–Kier alpha value is -3.43. The zero-order valence-electron chi connectivity index (χ0n) is 18.6. The van der Waals surface area contributed by atoms with Gasteiger partial charge in [-0.05, 0) is 48.7 Å². The van der Waals surface area contributed by atoms with Crippen LogP contribution in [0.5, 0.6) is 0 Å². The predicted octanol–water partition coefficient (Wildman–Crippen LogP) is 3.43. The van der Waals surface area contributed by atoms with Gasteiger partial charge in [0.2, 0.25) is 15.9 Å². The number of nitrogens with one attached hydrogen (secondary N) is 2. The van der Waals surface area contributed by atoms with E-state index in [0.717, 1.165) is 24.8 Å². The first-order valence-electron chi connectivity index (χ1n) is 11.2. The van der Waals surface area contributed by atoms with E-state index in [0.29, 0.717) is 18.8 Å². The van der Waals surface area contributed by atoms with Crippen molar-refractivity contribution < 1.29 is 22.4 Å². The summed E-state index contributed by atoms with van der Waals surface area (Å²) in [6, 6.07) is 17.7. The summed E-state index contributed by atoms with van der Waals surface area (Å²) < 4.78 is 32.7. The highest BCUT2D eigenvalue weighted by Crippen LogP contribution is 2.23. The van der Waals surface area contributed by atoms with Crippen molar-refractivity contribution in [3.05, 3.63) is 84.3 Å². The van der Waals surface area contributed by atoms with Crippen molar-refractivity contribution in [2.75, 3.05) is 18.4 Å². The zero-order chi connectivity index (χ0) is 24.0. The highest BCUT2D eigenvalue weighted by Gasteiger charge is 2.27. The van der Waals surface area contributed by atoms with Gasteiger partial charge in [0, 0.05) is 25.2 Å². The Kier molecular flexibility index (Phi) is 7.44. The lowest BCUT2D eigenvalue weighted by Crippen LogP contribution is -2.45. The topological polar surface area (TPSA) is 109 Å². The molecule has 8 nitrogen and oxygen atoms in total. The van der Waals surface area contributed by atoms with Crippen LogP contribution in [0.2, 0.25) is 0 Å². The van der Waals surface area contributed by atoms with Gasteiger partial charge in [0.05, 0.1) is 11.2 Å². The van der Waals surface area contributed by atoms with Crippen molar-refractivity contribution in [1.29, 1.82) is 0 Å². The van der Waals surface area contributed by atoms with Crippen LogP contribution < -0.4 is 10.6 Å². The monoisotopic (exact) mass is 481 g/mol. The van der Waals surface area contributed by atoms with E-state index >= 15 is 0 Å². The molecule has 2 N–H and O–H groups in total. The summed E-state index contributed by atoms with van der Waals surface area (Å²) in [5.41, 5.74) is 1.21. The molecule has 1 aromatic heterocycles. The first-order chi connectivity index (χ1) is 16.4. The molecule has 1 atom stereocenters.